The van der Waals surface area contributed by atoms with Crippen molar-refractivity contribution < 1.29 is 12.8 Å². The molecule has 0 amide bonds. The van der Waals surface area contributed by atoms with E-state index >= 15 is 0 Å². The van der Waals surface area contributed by atoms with Gasteiger partial charge in [0.25, 0.3) is 0 Å². The second kappa shape index (κ2) is 7.44. The number of halogens is 1. The molecule has 0 bridgehead atoms. The molecule has 1 fully saturated rings. The molecular weight excluding hydrogens is 339 g/mol. The van der Waals surface area contributed by atoms with Gasteiger partial charge in [-0.05, 0) is 49.2 Å². The van der Waals surface area contributed by atoms with Gasteiger partial charge in [0.1, 0.15) is 5.82 Å². The summed E-state index contributed by atoms with van der Waals surface area (Å²) in [5, 5.41) is 3.20. The Balaban J connectivity index is 1.76. The predicted octanol–water partition coefficient (Wildman–Crippen LogP) is 3.83. The summed E-state index contributed by atoms with van der Waals surface area (Å²) in [6.45, 7) is 3.90. The molecule has 1 heterocycles. The van der Waals surface area contributed by atoms with Crippen LogP contribution in [0.15, 0.2) is 47.4 Å². The molecule has 2 aromatic carbocycles. The Hall–Kier alpha value is -2.08. The summed E-state index contributed by atoms with van der Waals surface area (Å²) in [6, 6.07) is 11.8. The van der Waals surface area contributed by atoms with Crippen molar-refractivity contribution in [3.63, 3.8) is 0 Å². The molecule has 0 unspecified atom stereocenters. The zero-order chi connectivity index (χ0) is 17.9. The van der Waals surface area contributed by atoms with Crippen LogP contribution in [-0.2, 0) is 16.4 Å². The highest BCUT2D eigenvalue weighted by molar-refractivity contribution is 7.91. The molecule has 1 saturated heterocycles. The summed E-state index contributed by atoms with van der Waals surface area (Å²) in [7, 11) is -3.20. The molecule has 6 heteroatoms. The van der Waals surface area contributed by atoms with E-state index in [1.807, 2.05) is 6.07 Å². The number of rotatable bonds is 6. The molecule has 1 aliphatic heterocycles. The topological polar surface area (TPSA) is 49.4 Å². The van der Waals surface area contributed by atoms with Gasteiger partial charge in [-0.2, -0.15) is 0 Å². The minimum Gasteiger partial charge on any atom is -0.381 e. The average Bonchev–Trinajstić information content (AvgIpc) is 3.15. The van der Waals surface area contributed by atoms with Crippen LogP contribution in [0.3, 0.4) is 0 Å². The van der Waals surface area contributed by atoms with E-state index in [0.29, 0.717) is 17.0 Å². The second-order valence-corrected chi connectivity index (χ2v) is 8.49. The molecule has 0 saturated carbocycles. The van der Waals surface area contributed by atoms with Crippen LogP contribution < -0.4 is 10.2 Å². The lowest BCUT2D eigenvalue weighted by atomic mass is 10.1. The number of hydrogen-bond acceptors (Lipinski definition) is 4. The van der Waals surface area contributed by atoms with E-state index in [1.165, 1.54) is 6.07 Å². The van der Waals surface area contributed by atoms with Gasteiger partial charge >= 0.3 is 0 Å². The quantitative estimate of drug-likeness (QED) is 0.848. The number of nitrogens with one attached hydrogen (secondary N) is 1. The third-order valence-electron chi connectivity index (χ3n) is 4.60. The molecule has 0 atom stereocenters. The van der Waals surface area contributed by atoms with Gasteiger partial charge in [-0.25, -0.2) is 12.8 Å². The Labute approximate surface area is 148 Å². The predicted molar refractivity (Wildman–Crippen MR) is 99.3 cm³/mol. The van der Waals surface area contributed by atoms with E-state index < -0.39 is 9.84 Å². The summed E-state index contributed by atoms with van der Waals surface area (Å²) in [6.07, 6.45) is 2.27. The number of anilines is 2. The van der Waals surface area contributed by atoms with Crippen molar-refractivity contribution in [1.29, 1.82) is 0 Å². The van der Waals surface area contributed by atoms with Crippen LogP contribution in [0.1, 0.15) is 25.3 Å². The standard InChI is InChI=1S/C19H23FN2O2S/c1-2-25(23,24)16-10-8-15(9-11-16)21-14-17-18(20)6-5-7-19(17)22-12-3-4-13-22/h5-11,21H,2-4,12-14H2,1H3. The minimum absolute atomic E-state index is 0.0776. The lowest BCUT2D eigenvalue weighted by Crippen LogP contribution is -2.20. The van der Waals surface area contributed by atoms with Gasteiger partial charge in [0.2, 0.25) is 0 Å². The fourth-order valence-electron chi connectivity index (χ4n) is 3.11. The van der Waals surface area contributed by atoms with Gasteiger partial charge < -0.3 is 10.2 Å². The highest BCUT2D eigenvalue weighted by Crippen LogP contribution is 2.27. The van der Waals surface area contributed by atoms with Crippen molar-refractivity contribution in [1.82, 2.24) is 0 Å². The number of benzene rings is 2. The first-order valence-electron chi connectivity index (χ1n) is 8.60. The first-order valence-corrected chi connectivity index (χ1v) is 10.3. The summed E-state index contributed by atoms with van der Waals surface area (Å²) in [5.41, 5.74) is 2.36. The van der Waals surface area contributed by atoms with Gasteiger partial charge in [0.05, 0.1) is 10.6 Å². The van der Waals surface area contributed by atoms with Crippen LogP contribution in [0, 0.1) is 5.82 Å². The molecule has 0 spiro atoms. The summed E-state index contributed by atoms with van der Waals surface area (Å²) < 4.78 is 38.0. The van der Waals surface area contributed by atoms with Crippen molar-refractivity contribution in [2.45, 2.75) is 31.2 Å². The highest BCUT2D eigenvalue weighted by atomic mass is 32.2. The Kier molecular flexibility index (Phi) is 5.27. The Bertz CT molecular complexity index is 829. The van der Waals surface area contributed by atoms with E-state index in [4.69, 9.17) is 0 Å². The monoisotopic (exact) mass is 362 g/mol. The SMILES string of the molecule is CCS(=O)(=O)c1ccc(NCc2c(F)cccc2N2CCCC2)cc1. The Morgan fingerprint density at radius 2 is 1.76 bits per heavy atom. The highest BCUT2D eigenvalue weighted by Gasteiger charge is 2.18. The van der Waals surface area contributed by atoms with Crippen molar-refractivity contribution in [3.8, 4) is 0 Å². The van der Waals surface area contributed by atoms with Crippen LogP contribution in [0.25, 0.3) is 0 Å². The fourth-order valence-corrected chi connectivity index (χ4v) is 4.00. The number of nitrogens with zero attached hydrogens (tertiary/aromatic N) is 1. The molecule has 1 N–H and O–H groups in total. The summed E-state index contributed by atoms with van der Waals surface area (Å²) in [5.74, 6) is -0.143. The van der Waals surface area contributed by atoms with Gasteiger partial charge in [0.15, 0.2) is 9.84 Å². The van der Waals surface area contributed by atoms with E-state index in [-0.39, 0.29) is 11.6 Å². The maximum atomic E-state index is 14.3. The molecule has 0 radical (unpaired) electrons. The molecular formula is C19H23FN2O2S. The van der Waals surface area contributed by atoms with E-state index in [1.54, 1.807) is 37.3 Å². The molecule has 25 heavy (non-hydrogen) atoms. The first-order chi connectivity index (χ1) is 12.0. The van der Waals surface area contributed by atoms with Crippen molar-refractivity contribution in [2.75, 3.05) is 29.1 Å². The van der Waals surface area contributed by atoms with E-state index in [9.17, 15) is 12.8 Å². The van der Waals surface area contributed by atoms with Crippen molar-refractivity contribution in [3.05, 3.63) is 53.8 Å². The smallest absolute Gasteiger partial charge is 0.178 e. The van der Waals surface area contributed by atoms with E-state index in [0.717, 1.165) is 37.3 Å². The molecule has 3 rings (SSSR count). The third-order valence-corrected chi connectivity index (χ3v) is 6.35. The third kappa shape index (κ3) is 3.95. The normalized spacial score (nSPS) is 14.7. The minimum atomic E-state index is -3.20. The van der Waals surface area contributed by atoms with Crippen LogP contribution in [0.4, 0.5) is 15.8 Å². The molecule has 4 nitrogen and oxygen atoms in total. The van der Waals surface area contributed by atoms with Gasteiger partial charge in [-0.15, -0.1) is 0 Å². The number of sulfone groups is 1. The fraction of sp³-hybridized carbons (Fsp3) is 0.368. The van der Waals surface area contributed by atoms with Gasteiger partial charge in [-0.3, -0.25) is 0 Å². The van der Waals surface area contributed by atoms with Crippen molar-refractivity contribution in [2.24, 2.45) is 0 Å². The maximum Gasteiger partial charge on any atom is 0.178 e. The molecule has 0 aromatic heterocycles. The molecule has 0 aliphatic carbocycles. The molecule has 1 aliphatic rings. The van der Waals surface area contributed by atoms with E-state index in [2.05, 4.69) is 10.2 Å². The lowest BCUT2D eigenvalue weighted by Gasteiger charge is -2.22. The van der Waals surface area contributed by atoms with Crippen LogP contribution in [0.2, 0.25) is 0 Å². The Morgan fingerprint density at radius 3 is 2.40 bits per heavy atom. The van der Waals surface area contributed by atoms with Crippen molar-refractivity contribution >= 4 is 21.2 Å². The zero-order valence-corrected chi connectivity index (χ0v) is 15.2. The molecule has 134 valence electrons. The first kappa shape index (κ1) is 17.7. The second-order valence-electron chi connectivity index (χ2n) is 6.21. The van der Waals surface area contributed by atoms with Gasteiger partial charge in [-0.1, -0.05) is 13.0 Å². The zero-order valence-electron chi connectivity index (χ0n) is 14.3. The average molecular weight is 362 g/mol. The number of hydrogen-bond donors (Lipinski definition) is 1. The largest absolute Gasteiger partial charge is 0.381 e. The van der Waals surface area contributed by atoms with Gasteiger partial charge in [0, 0.05) is 36.6 Å². The summed E-state index contributed by atoms with van der Waals surface area (Å²) >= 11 is 0. The van der Waals surface area contributed by atoms with Crippen LogP contribution in [0.5, 0.6) is 0 Å². The van der Waals surface area contributed by atoms with Crippen LogP contribution in [-0.4, -0.2) is 27.3 Å². The molecule has 2 aromatic rings. The maximum absolute atomic E-state index is 14.3. The Morgan fingerprint density at radius 1 is 1.08 bits per heavy atom. The van der Waals surface area contributed by atoms with Crippen LogP contribution >= 0.6 is 0 Å². The summed E-state index contributed by atoms with van der Waals surface area (Å²) in [4.78, 5) is 2.53. The lowest BCUT2D eigenvalue weighted by molar-refractivity contribution is 0.597.